The van der Waals surface area contributed by atoms with Crippen molar-refractivity contribution in [2.24, 2.45) is 0 Å². The quantitative estimate of drug-likeness (QED) is 0.424. The molecular formula is C19H29NO3Si. The maximum Gasteiger partial charge on any atom is 0.328 e. The van der Waals surface area contributed by atoms with Crippen LogP contribution in [0, 0.1) is 0 Å². The molecule has 1 aliphatic heterocycles. The lowest BCUT2D eigenvalue weighted by molar-refractivity contribution is -0.141. The zero-order valence-electron chi connectivity index (χ0n) is 14.8. The van der Waals surface area contributed by atoms with Crippen LogP contribution in [0.25, 0.3) is 0 Å². The Kier molecular flexibility index (Phi) is 7.03. The van der Waals surface area contributed by atoms with E-state index in [0.717, 1.165) is 12.8 Å². The average molecular weight is 348 g/mol. The number of rotatable bonds is 9. The van der Waals surface area contributed by atoms with E-state index in [1.807, 2.05) is 0 Å². The molecule has 0 saturated carbocycles. The van der Waals surface area contributed by atoms with Crippen molar-refractivity contribution < 1.29 is 14.3 Å². The Morgan fingerprint density at radius 3 is 2.54 bits per heavy atom. The second-order valence-corrected chi connectivity index (χ2v) is 12.1. The first-order valence-electron chi connectivity index (χ1n) is 9.00. The van der Waals surface area contributed by atoms with E-state index in [4.69, 9.17) is 4.74 Å². The highest BCUT2D eigenvalue weighted by molar-refractivity contribution is 6.89. The highest BCUT2D eigenvalue weighted by Crippen LogP contribution is 2.16. The molecule has 0 unspecified atom stereocenters. The molecular weight excluding hydrogens is 318 g/mol. The molecule has 1 fully saturated rings. The van der Waals surface area contributed by atoms with Crippen LogP contribution in [0.1, 0.15) is 38.5 Å². The number of ether oxygens (including phenoxy) is 1. The fourth-order valence-electron chi connectivity index (χ4n) is 3.13. The molecule has 0 radical (unpaired) electrons. The number of unbranched alkanes of at least 4 members (excludes halogenated alkanes) is 3. The smallest absolute Gasteiger partial charge is 0.328 e. The minimum Gasteiger partial charge on any atom is -0.464 e. The summed E-state index contributed by atoms with van der Waals surface area (Å²) in [4.78, 5) is 23.1. The molecule has 2 rings (SSSR count). The number of nitrogens with one attached hydrogen (secondary N) is 1. The predicted octanol–water partition coefficient (Wildman–Crippen LogP) is 2.98. The number of amides is 1. The van der Waals surface area contributed by atoms with Crippen molar-refractivity contribution in [3.63, 3.8) is 0 Å². The van der Waals surface area contributed by atoms with E-state index in [0.29, 0.717) is 19.4 Å². The lowest BCUT2D eigenvalue weighted by atomic mass is 10.1. The summed E-state index contributed by atoms with van der Waals surface area (Å²) in [5.41, 5.74) is 0. The highest BCUT2D eigenvalue weighted by atomic mass is 28.3. The Hall–Kier alpha value is -1.62. The van der Waals surface area contributed by atoms with Gasteiger partial charge in [0.05, 0.1) is 14.7 Å². The van der Waals surface area contributed by atoms with Crippen molar-refractivity contribution in [2.45, 2.75) is 63.7 Å². The van der Waals surface area contributed by atoms with Crippen molar-refractivity contribution in [3.05, 3.63) is 30.3 Å². The Balaban J connectivity index is 1.56. The SMILES string of the molecule is C[Si](C)(CCCCCCC(=O)N[C@H]1CCOC1=O)c1ccccc1. The molecule has 1 aromatic carbocycles. The van der Waals surface area contributed by atoms with Gasteiger partial charge in [0.25, 0.3) is 0 Å². The zero-order chi connectivity index (χ0) is 17.4. The molecule has 0 aliphatic carbocycles. The van der Waals surface area contributed by atoms with E-state index in [9.17, 15) is 9.59 Å². The molecule has 1 atom stereocenters. The highest BCUT2D eigenvalue weighted by Gasteiger charge is 2.27. The first-order valence-corrected chi connectivity index (χ1v) is 12.2. The van der Waals surface area contributed by atoms with Crippen LogP contribution < -0.4 is 10.5 Å². The number of carbonyl (C=O) groups excluding carboxylic acids is 2. The Morgan fingerprint density at radius 1 is 1.17 bits per heavy atom. The molecule has 1 aromatic rings. The van der Waals surface area contributed by atoms with Gasteiger partial charge < -0.3 is 10.1 Å². The normalized spacial score (nSPS) is 17.6. The molecule has 0 aromatic heterocycles. The van der Waals surface area contributed by atoms with Gasteiger partial charge in [0.1, 0.15) is 6.04 Å². The van der Waals surface area contributed by atoms with Gasteiger partial charge in [-0.2, -0.15) is 0 Å². The van der Waals surface area contributed by atoms with Crippen LogP contribution in [0.15, 0.2) is 30.3 Å². The summed E-state index contributed by atoms with van der Waals surface area (Å²) >= 11 is 0. The minimum atomic E-state index is -1.32. The lowest BCUT2D eigenvalue weighted by Crippen LogP contribution is -2.40. The summed E-state index contributed by atoms with van der Waals surface area (Å²) in [6, 6.07) is 11.7. The van der Waals surface area contributed by atoms with E-state index >= 15 is 0 Å². The van der Waals surface area contributed by atoms with Crippen LogP contribution in [0.5, 0.6) is 0 Å². The monoisotopic (exact) mass is 347 g/mol. The summed E-state index contributed by atoms with van der Waals surface area (Å²) in [6.07, 6.45) is 5.46. The van der Waals surface area contributed by atoms with E-state index in [2.05, 4.69) is 48.7 Å². The van der Waals surface area contributed by atoms with Gasteiger partial charge in [-0.1, -0.05) is 73.9 Å². The molecule has 1 saturated heterocycles. The van der Waals surface area contributed by atoms with Crippen molar-refractivity contribution in [1.82, 2.24) is 5.32 Å². The molecule has 1 aliphatic rings. The zero-order valence-corrected chi connectivity index (χ0v) is 15.8. The molecule has 5 heteroatoms. The van der Waals surface area contributed by atoms with Crippen molar-refractivity contribution >= 4 is 25.1 Å². The summed E-state index contributed by atoms with van der Waals surface area (Å²) < 4.78 is 4.84. The molecule has 1 heterocycles. The second kappa shape index (κ2) is 9.02. The molecule has 0 spiro atoms. The molecule has 4 nitrogen and oxygen atoms in total. The molecule has 24 heavy (non-hydrogen) atoms. The maximum atomic E-state index is 11.8. The summed E-state index contributed by atoms with van der Waals surface area (Å²) in [5, 5.41) is 4.28. The fraction of sp³-hybridized carbons (Fsp3) is 0.579. The number of hydrogen-bond acceptors (Lipinski definition) is 3. The molecule has 1 amide bonds. The Bertz CT molecular complexity index is 545. The van der Waals surface area contributed by atoms with Crippen LogP contribution >= 0.6 is 0 Å². The van der Waals surface area contributed by atoms with E-state index in [1.54, 1.807) is 0 Å². The van der Waals surface area contributed by atoms with Gasteiger partial charge in [0.15, 0.2) is 0 Å². The summed E-state index contributed by atoms with van der Waals surface area (Å²) in [6.45, 7) is 5.28. The van der Waals surface area contributed by atoms with Gasteiger partial charge in [-0.15, -0.1) is 0 Å². The van der Waals surface area contributed by atoms with Crippen LogP contribution in [0.4, 0.5) is 0 Å². The lowest BCUT2D eigenvalue weighted by Gasteiger charge is -2.22. The maximum absolute atomic E-state index is 11.8. The van der Waals surface area contributed by atoms with Gasteiger partial charge >= 0.3 is 5.97 Å². The number of esters is 1. The Morgan fingerprint density at radius 2 is 1.88 bits per heavy atom. The van der Waals surface area contributed by atoms with Crippen LogP contribution in [-0.2, 0) is 14.3 Å². The van der Waals surface area contributed by atoms with E-state index in [1.165, 1.54) is 24.1 Å². The fourth-order valence-corrected chi connectivity index (χ4v) is 5.65. The van der Waals surface area contributed by atoms with E-state index < -0.39 is 14.1 Å². The predicted molar refractivity (Wildman–Crippen MR) is 99.0 cm³/mol. The molecule has 1 N–H and O–H groups in total. The third kappa shape index (κ3) is 5.78. The largest absolute Gasteiger partial charge is 0.464 e. The van der Waals surface area contributed by atoms with Gasteiger partial charge in [0.2, 0.25) is 5.91 Å². The topological polar surface area (TPSA) is 55.4 Å². The third-order valence-electron chi connectivity index (χ3n) is 4.78. The number of cyclic esters (lactones) is 1. The van der Waals surface area contributed by atoms with Gasteiger partial charge in [0, 0.05) is 12.8 Å². The standard InChI is InChI=1S/C19H29NO3Si/c1-24(2,16-10-6-5-7-11-16)15-9-4-3-8-12-18(21)20-17-13-14-23-19(17)22/h5-7,10-11,17H,3-4,8-9,12-15H2,1-2H3,(H,20,21)/t17-/m0/s1. The van der Waals surface area contributed by atoms with Gasteiger partial charge in [-0.25, -0.2) is 4.79 Å². The number of carbonyl (C=O) groups is 2. The number of hydrogen-bond donors (Lipinski definition) is 1. The van der Waals surface area contributed by atoms with Crippen molar-refractivity contribution in [2.75, 3.05) is 6.61 Å². The minimum absolute atomic E-state index is 0.0298. The first kappa shape index (κ1) is 18.7. The second-order valence-electron chi connectivity index (χ2n) is 7.24. The third-order valence-corrected chi connectivity index (χ3v) is 8.28. The summed E-state index contributed by atoms with van der Waals surface area (Å²) in [5.74, 6) is -0.325. The van der Waals surface area contributed by atoms with Crippen molar-refractivity contribution in [1.29, 1.82) is 0 Å². The van der Waals surface area contributed by atoms with Crippen LogP contribution in [-0.4, -0.2) is 32.6 Å². The van der Waals surface area contributed by atoms with Crippen LogP contribution in [0.2, 0.25) is 19.1 Å². The average Bonchev–Trinajstić information content (AvgIpc) is 2.96. The Labute approximate surface area is 146 Å². The van der Waals surface area contributed by atoms with Crippen molar-refractivity contribution in [3.8, 4) is 0 Å². The van der Waals surface area contributed by atoms with Gasteiger partial charge in [-0.05, 0) is 6.42 Å². The molecule has 0 bridgehead atoms. The number of benzene rings is 1. The van der Waals surface area contributed by atoms with E-state index in [-0.39, 0.29) is 11.9 Å². The van der Waals surface area contributed by atoms with Gasteiger partial charge in [-0.3, -0.25) is 4.79 Å². The van der Waals surface area contributed by atoms with Crippen LogP contribution in [0.3, 0.4) is 0 Å². The first-order chi connectivity index (χ1) is 11.5. The molecule has 132 valence electrons. The summed E-state index contributed by atoms with van der Waals surface area (Å²) in [7, 11) is -1.32.